The Labute approximate surface area is 113 Å². The van der Waals surface area contributed by atoms with Crippen molar-refractivity contribution in [3.05, 3.63) is 30.6 Å². The van der Waals surface area contributed by atoms with E-state index in [1.54, 1.807) is 29.1 Å². The fourth-order valence-corrected chi connectivity index (χ4v) is 3.13. The standard InChI is InChI=1S/C13H17N3O2S/c1-3-7-16-9-10(8-15-16)11-5-4-6-12(14)13(11)19(2,17)18/h4-6,8-9H,3,7,14H2,1-2H3. The second-order valence-corrected chi connectivity index (χ2v) is 6.44. The van der Waals surface area contributed by atoms with Crippen molar-refractivity contribution >= 4 is 15.5 Å². The fourth-order valence-electron chi connectivity index (χ4n) is 2.05. The van der Waals surface area contributed by atoms with Crippen molar-refractivity contribution in [2.45, 2.75) is 24.8 Å². The number of nitrogens with two attached hydrogens (primary N) is 1. The van der Waals surface area contributed by atoms with E-state index in [0.29, 0.717) is 5.56 Å². The van der Waals surface area contributed by atoms with Gasteiger partial charge in [-0.15, -0.1) is 0 Å². The van der Waals surface area contributed by atoms with E-state index in [1.807, 2.05) is 6.20 Å². The van der Waals surface area contributed by atoms with Crippen molar-refractivity contribution < 1.29 is 8.42 Å². The van der Waals surface area contributed by atoms with Crippen LogP contribution in [0.5, 0.6) is 0 Å². The first kappa shape index (κ1) is 13.6. The average Bonchev–Trinajstić information content (AvgIpc) is 2.76. The van der Waals surface area contributed by atoms with E-state index in [4.69, 9.17) is 5.73 Å². The number of hydrogen-bond donors (Lipinski definition) is 1. The number of aryl methyl sites for hydroxylation is 1. The van der Waals surface area contributed by atoms with Gasteiger partial charge in [0, 0.05) is 30.1 Å². The Kier molecular flexibility index (Phi) is 3.61. The summed E-state index contributed by atoms with van der Waals surface area (Å²) in [5.74, 6) is 0. The molecule has 0 saturated carbocycles. The van der Waals surface area contributed by atoms with Gasteiger partial charge in [-0.1, -0.05) is 19.1 Å². The molecule has 5 nitrogen and oxygen atoms in total. The maximum Gasteiger partial charge on any atom is 0.178 e. The number of anilines is 1. The maximum absolute atomic E-state index is 11.9. The normalized spacial score (nSPS) is 11.7. The summed E-state index contributed by atoms with van der Waals surface area (Å²) in [5.41, 5.74) is 7.44. The molecule has 0 fully saturated rings. The lowest BCUT2D eigenvalue weighted by molar-refractivity contribution is 0.602. The molecular weight excluding hydrogens is 262 g/mol. The molecule has 0 atom stereocenters. The van der Waals surface area contributed by atoms with Gasteiger partial charge in [0.15, 0.2) is 9.84 Å². The molecule has 1 aromatic heterocycles. The zero-order valence-electron chi connectivity index (χ0n) is 11.0. The highest BCUT2D eigenvalue weighted by molar-refractivity contribution is 7.91. The highest BCUT2D eigenvalue weighted by Crippen LogP contribution is 2.31. The van der Waals surface area contributed by atoms with Crippen molar-refractivity contribution in [1.82, 2.24) is 9.78 Å². The van der Waals surface area contributed by atoms with Crippen LogP contribution >= 0.6 is 0 Å². The third-order valence-electron chi connectivity index (χ3n) is 2.81. The molecule has 0 aliphatic carbocycles. The second kappa shape index (κ2) is 5.05. The molecule has 2 N–H and O–H groups in total. The molecule has 1 heterocycles. The minimum absolute atomic E-state index is 0.172. The fraction of sp³-hybridized carbons (Fsp3) is 0.308. The van der Waals surface area contributed by atoms with E-state index in [1.165, 1.54) is 6.26 Å². The van der Waals surface area contributed by atoms with Crippen LogP contribution in [0.15, 0.2) is 35.5 Å². The van der Waals surface area contributed by atoms with E-state index in [9.17, 15) is 8.42 Å². The maximum atomic E-state index is 11.9. The van der Waals surface area contributed by atoms with Gasteiger partial charge in [0.05, 0.1) is 16.8 Å². The van der Waals surface area contributed by atoms with Gasteiger partial charge in [-0.2, -0.15) is 5.10 Å². The van der Waals surface area contributed by atoms with E-state index < -0.39 is 9.84 Å². The molecule has 0 aliphatic rings. The number of sulfone groups is 1. The van der Waals surface area contributed by atoms with Gasteiger partial charge in [0.1, 0.15) is 0 Å². The predicted octanol–water partition coefficient (Wildman–Crippen LogP) is 1.95. The second-order valence-electron chi connectivity index (χ2n) is 4.49. The van der Waals surface area contributed by atoms with Crippen molar-refractivity contribution in [1.29, 1.82) is 0 Å². The monoisotopic (exact) mass is 279 g/mol. The summed E-state index contributed by atoms with van der Waals surface area (Å²) in [4.78, 5) is 0.172. The largest absolute Gasteiger partial charge is 0.398 e. The van der Waals surface area contributed by atoms with Crippen LogP contribution in [0.1, 0.15) is 13.3 Å². The summed E-state index contributed by atoms with van der Waals surface area (Å²) >= 11 is 0. The van der Waals surface area contributed by atoms with Crippen LogP contribution in [0.4, 0.5) is 5.69 Å². The number of rotatable bonds is 4. The Hall–Kier alpha value is -1.82. The molecule has 0 unspecified atom stereocenters. The molecule has 102 valence electrons. The van der Waals surface area contributed by atoms with Crippen LogP contribution in [-0.2, 0) is 16.4 Å². The van der Waals surface area contributed by atoms with Crippen molar-refractivity contribution in [2.75, 3.05) is 12.0 Å². The summed E-state index contributed by atoms with van der Waals surface area (Å²) in [6.07, 6.45) is 5.64. The molecule has 2 aromatic rings. The summed E-state index contributed by atoms with van der Waals surface area (Å²) in [5, 5.41) is 4.22. The smallest absolute Gasteiger partial charge is 0.178 e. The van der Waals surface area contributed by atoms with Gasteiger partial charge in [0.2, 0.25) is 0 Å². The molecular formula is C13H17N3O2S. The average molecular weight is 279 g/mol. The number of nitrogen functional groups attached to an aromatic ring is 1. The molecule has 0 aliphatic heterocycles. The van der Waals surface area contributed by atoms with E-state index >= 15 is 0 Å². The van der Waals surface area contributed by atoms with Crippen LogP contribution in [0.2, 0.25) is 0 Å². The van der Waals surface area contributed by atoms with Gasteiger partial charge >= 0.3 is 0 Å². The summed E-state index contributed by atoms with van der Waals surface area (Å²) < 4.78 is 25.5. The zero-order chi connectivity index (χ0) is 14.0. The van der Waals surface area contributed by atoms with Crippen LogP contribution < -0.4 is 5.73 Å². The van der Waals surface area contributed by atoms with Crippen LogP contribution in [0, 0.1) is 0 Å². The third-order valence-corrected chi connectivity index (χ3v) is 4.01. The van der Waals surface area contributed by atoms with Gasteiger partial charge in [-0.3, -0.25) is 4.68 Å². The van der Waals surface area contributed by atoms with Crippen LogP contribution in [0.25, 0.3) is 11.1 Å². The van der Waals surface area contributed by atoms with Crippen molar-refractivity contribution in [3.8, 4) is 11.1 Å². The van der Waals surface area contributed by atoms with Crippen molar-refractivity contribution in [2.24, 2.45) is 0 Å². The first-order chi connectivity index (χ1) is 8.93. The Morgan fingerprint density at radius 1 is 1.37 bits per heavy atom. The zero-order valence-corrected chi connectivity index (χ0v) is 11.8. The predicted molar refractivity (Wildman–Crippen MR) is 75.5 cm³/mol. The number of benzene rings is 1. The molecule has 0 spiro atoms. The summed E-state index contributed by atoms with van der Waals surface area (Å²) in [6.45, 7) is 2.86. The van der Waals surface area contributed by atoms with Crippen LogP contribution in [-0.4, -0.2) is 24.5 Å². The lowest BCUT2D eigenvalue weighted by Gasteiger charge is -2.08. The molecule has 2 rings (SSSR count). The lowest BCUT2D eigenvalue weighted by atomic mass is 10.1. The minimum atomic E-state index is -3.38. The first-order valence-electron chi connectivity index (χ1n) is 6.05. The van der Waals surface area contributed by atoms with Gasteiger partial charge in [-0.25, -0.2) is 8.42 Å². The first-order valence-corrected chi connectivity index (χ1v) is 7.94. The Morgan fingerprint density at radius 2 is 2.11 bits per heavy atom. The van der Waals surface area contributed by atoms with Gasteiger partial charge in [0.25, 0.3) is 0 Å². The lowest BCUT2D eigenvalue weighted by Crippen LogP contribution is -2.04. The molecule has 6 heteroatoms. The Bertz CT molecular complexity index is 690. The molecule has 0 amide bonds. The number of hydrogen-bond acceptors (Lipinski definition) is 4. The number of aromatic nitrogens is 2. The SMILES string of the molecule is CCCn1cc(-c2cccc(N)c2S(C)(=O)=O)cn1. The molecule has 19 heavy (non-hydrogen) atoms. The Morgan fingerprint density at radius 3 is 2.74 bits per heavy atom. The molecule has 0 saturated heterocycles. The van der Waals surface area contributed by atoms with Gasteiger partial charge < -0.3 is 5.73 Å². The van der Waals surface area contributed by atoms with E-state index in [2.05, 4.69) is 12.0 Å². The van der Waals surface area contributed by atoms with Crippen molar-refractivity contribution in [3.63, 3.8) is 0 Å². The highest BCUT2D eigenvalue weighted by Gasteiger charge is 2.18. The highest BCUT2D eigenvalue weighted by atomic mass is 32.2. The Balaban J connectivity index is 2.59. The summed E-state index contributed by atoms with van der Waals surface area (Å²) in [7, 11) is -3.38. The van der Waals surface area contributed by atoms with E-state index in [-0.39, 0.29) is 10.6 Å². The van der Waals surface area contributed by atoms with Gasteiger partial charge in [-0.05, 0) is 12.5 Å². The molecule has 0 radical (unpaired) electrons. The van der Waals surface area contributed by atoms with E-state index in [0.717, 1.165) is 18.5 Å². The quantitative estimate of drug-likeness (QED) is 0.868. The molecule has 1 aromatic carbocycles. The molecule has 0 bridgehead atoms. The third kappa shape index (κ3) is 2.78. The summed E-state index contributed by atoms with van der Waals surface area (Å²) in [6, 6.07) is 5.09. The minimum Gasteiger partial charge on any atom is -0.398 e. The number of nitrogens with zero attached hydrogens (tertiary/aromatic N) is 2. The topological polar surface area (TPSA) is 78.0 Å². The van der Waals surface area contributed by atoms with Crippen LogP contribution in [0.3, 0.4) is 0 Å².